The topological polar surface area (TPSA) is 32.8 Å². The predicted molar refractivity (Wildman–Crippen MR) is 300 cm³/mol. The van der Waals surface area contributed by atoms with Crippen LogP contribution in [-0.4, -0.2) is 16.1 Å². The number of nitrogens with zero attached hydrogens (tertiary/aromatic N) is 2. The minimum Gasteiger partial charge on any atom is -0.452 e. The van der Waals surface area contributed by atoms with Gasteiger partial charge in [-0.2, -0.15) is 0 Å². The maximum atomic E-state index is 6.86. The number of aryl methyl sites for hydroxylation is 4. The van der Waals surface area contributed by atoms with Crippen molar-refractivity contribution in [3.63, 3.8) is 0 Å². The van der Waals surface area contributed by atoms with E-state index in [0.29, 0.717) is 0 Å². The van der Waals surface area contributed by atoms with Crippen LogP contribution in [0.5, 0.6) is 0 Å². The van der Waals surface area contributed by atoms with Crippen molar-refractivity contribution < 1.29 is 8.83 Å². The van der Waals surface area contributed by atoms with E-state index >= 15 is 0 Å². The standard InChI is InChI=1S/C62H60N2O2Si2/c1-37-27-51(28-38(2)41(37)5)63(47-17-21-53(22-18-47)67(7,8)9)49-15-13-43-33-57-55-25-26-56-58-34-44-14-16-50(32-46(44)36-60(58)66-62(56)61(55)65-59(57)35-45(43)31-49)64(52-29-39(3)42(6)40(4)30-52)48-19-23-54(24-20-48)68(10,11)12/h13-36H,1-12H3. The number of hydrogen-bond donors (Lipinski definition) is 0. The quantitative estimate of drug-likeness (QED) is 0.142. The van der Waals surface area contributed by atoms with Crippen molar-refractivity contribution in [2.24, 2.45) is 0 Å². The maximum absolute atomic E-state index is 6.86. The molecule has 2 aromatic heterocycles. The van der Waals surface area contributed by atoms with Crippen molar-refractivity contribution in [3.05, 3.63) is 179 Å². The lowest BCUT2D eigenvalue weighted by atomic mass is 10.0. The van der Waals surface area contributed by atoms with Gasteiger partial charge in [0.05, 0.1) is 16.1 Å². The molecule has 11 rings (SSSR count). The fourth-order valence-corrected chi connectivity index (χ4v) is 12.5. The summed E-state index contributed by atoms with van der Waals surface area (Å²) in [6.45, 7) is 27.7. The molecular formula is C62H60N2O2Si2. The lowest BCUT2D eigenvalue weighted by molar-refractivity contribution is 0.634. The van der Waals surface area contributed by atoms with Crippen LogP contribution in [-0.2, 0) is 0 Å². The molecule has 0 amide bonds. The molecule has 9 aromatic carbocycles. The maximum Gasteiger partial charge on any atom is 0.178 e. The van der Waals surface area contributed by atoms with Crippen molar-refractivity contribution >= 4 is 126 Å². The van der Waals surface area contributed by atoms with Crippen LogP contribution < -0.4 is 20.2 Å². The smallest absolute Gasteiger partial charge is 0.178 e. The van der Waals surface area contributed by atoms with E-state index in [0.717, 1.165) is 99.5 Å². The minimum atomic E-state index is -1.46. The summed E-state index contributed by atoms with van der Waals surface area (Å²) < 4.78 is 13.7. The zero-order valence-corrected chi connectivity index (χ0v) is 43.6. The monoisotopic (exact) mass is 920 g/mol. The van der Waals surface area contributed by atoms with E-state index in [1.165, 1.54) is 43.8 Å². The first-order valence-electron chi connectivity index (χ1n) is 24.1. The number of furan rings is 2. The summed E-state index contributed by atoms with van der Waals surface area (Å²) >= 11 is 0. The van der Waals surface area contributed by atoms with Crippen LogP contribution in [0.1, 0.15) is 33.4 Å². The zero-order valence-electron chi connectivity index (χ0n) is 41.6. The lowest BCUT2D eigenvalue weighted by Crippen LogP contribution is -2.37. The van der Waals surface area contributed by atoms with Crippen LogP contribution in [0.3, 0.4) is 0 Å². The molecule has 0 radical (unpaired) electrons. The molecule has 0 saturated heterocycles. The number of hydrogen-bond acceptors (Lipinski definition) is 4. The van der Waals surface area contributed by atoms with E-state index in [9.17, 15) is 0 Å². The second-order valence-electron chi connectivity index (χ2n) is 21.5. The van der Waals surface area contributed by atoms with Crippen molar-refractivity contribution in [1.82, 2.24) is 0 Å². The van der Waals surface area contributed by atoms with Crippen LogP contribution in [0.2, 0.25) is 39.3 Å². The second kappa shape index (κ2) is 15.9. The van der Waals surface area contributed by atoms with Crippen molar-refractivity contribution in [2.45, 2.75) is 80.8 Å². The molecule has 0 bridgehead atoms. The second-order valence-corrected chi connectivity index (χ2v) is 31.6. The van der Waals surface area contributed by atoms with Gasteiger partial charge in [-0.1, -0.05) is 86.1 Å². The summed E-state index contributed by atoms with van der Waals surface area (Å²) in [5.74, 6) is 0. The van der Waals surface area contributed by atoms with E-state index in [2.05, 4.69) is 236 Å². The average molecular weight is 921 g/mol. The molecule has 0 spiro atoms. The molecule has 2 heterocycles. The molecule has 0 saturated carbocycles. The van der Waals surface area contributed by atoms with E-state index < -0.39 is 16.1 Å². The van der Waals surface area contributed by atoms with Crippen LogP contribution in [0.4, 0.5) is 34.1 Å². The van der Waals surface area contributed by atoms with Gasteiger partial charge >= 0.3 is 0 Å². The first-order chi connectivity index (χ1) is 32.4. The van der Waals surface area contributed by atoms with E-state index in [-0.39, 0.29) is 0 Å². The van der Waals surface area contributed by atoms with Gasteiger partial charge in [0.1, 0.15) is 11.2 Å². The highest BCUT2D eigenvalue weighted by molar-refractivity contribution is 6.89. The molecule has 0 aliphatic carbocycles. The van der Waals surface area contributed by atoms with Gasteiger partial charge in [0.2, 0.25) is 0 Å². The molecule has 0 aliphatic rings. The third-order valence-corrected chi connectivity index (χ3v) is 18.9. The fourth-order valence-electron chi connectivity index (χ4n) is 10.2. The molecule has 338 valence electrons. The van der Waals surface area contributed by atoms with Crippen LogP contribution in [0.15, 0.2) is 154 Å². The van der Waals surface area contributed by atoms with E-state index in [4.69, 9.17) is 8.83 Å². The molecule has 4 nitrogen and oxygen atoms in total. The van der Waals surface area contributed by atoms with Crippen LogP contribution in [0, 0.1) is 41.5 Å². The highest BCUT2D eigenvalue weighted by atomic mass is 28.3. The van der Waals surface area contributed by atoms with Crippen molar-refractivity contribution in [3.8, 4) is 0 Å². The van der Waals surface area contributed by atoms with Gasteiger partial charge in [0, 0.05) is 55.7 Å². The summed E-state index contributed by atoms with van der Waals surface area (Å²) in [5, 5.41) is 11.8. The van der Waals surface area contributed by atoms with Gasteiger partial charge in [-0.3, -0.25) is 0 Å². The Morgan fingerprint density at radius 2 is 0.647 bits per heavy atom. The highest BCUT2D eigenvalue weighted by Gasteiger charge is 2.23. The molecule has 0 N–H and O–H groups in total. The number of benzene rings is 9. The Balaban J connectivity index is 1.01. The van der Waals surface area contributed by atoms with Gasteiger partial charge in [-0.05, 0) is 206 Å². The number of rotatable bonds is 8. The lowest BCUT2D eigenvalue weighted by Gasteiger charge is -2.28. The largest absolute Gasteiger partial charge is 0.452 e. The Kier molecular flexibility index (Phi) is 10.2. The summed E-state index contributed by atoms with van der Waals surface area (Å²) in [4.78, 5) is 4.79. The Hall–Kier alpha value is -6.87. The molecule has 0 unspecified atom stereocenters. The Morgan fingerprint density at radius 1 is 0.309 bits per heavy atom. The molecule has 0 fully saturated rings. The van der Waals surface area contributed by atoms with Gasteiger partial charge < -0.3 is 18.6 Å². The third-order valence-electron chi connectivity index (χ3n) is 14.8. The summed E-state index contributed by atoms with van der Waals surface area (Å²) in [5.41, 5.74) is 17.9. The van der Waals surface area contributed by atoms with Gasteiger partial charge in [0.15, 0.2) is 11.2 Å². The van der Waals surface area contributed by atoms with Gasteiger partial charge in [-0.15, -0.1) is 0 Å². The van der Waals surface area contributed by atoms with Crippen molar-refractivity contribution in [2.75, 3.05) is 9.80 Å². The normalized spacial score (nSPS) is 12.4. The molecule has 0 atom stereocenters. The van der Waals surface area contributed by atoms with Crippen molar-refractivity contribution in [1.29, 1.82) is 0 Å². The zero-order chi connectivity index (χ0) is 47.6. The Labute approximate surface area is 402 Å². The number of anilines is 6. The first-order valence-corrected chi connectivity index (χ1v) is 31.1. The first kappa shape index (κ1) is 43.7. The SMILES string of the molecule is Cc1cc(N(c2ccc([Si](C)(C)C)cc2)c2ccc3cc4c(cc3c2)oc2c4ccc3c4cc5ccc(N(c6ccc([Si](C)(C)C)cc6)c6cc(C)c(C)c(C)c6)cc5cc4oc32)cc(C)c1C. The Bertz CT molecular complexity index is 3530. The predicted octanol–water partition coefficient (Wildman–Crippen LogP) is 17.7. The molecule has 6 heteroatoms. The third kappa shape index (κ3) is 7.42. The van der Waals surface area contributed by atoms with Crippen LogP contribution >= 0.6 is 0 Å². The number of fused-ring (bicyclic) bond motifs is 9. The Morgan fingerprint density at radius 3 is 0.985 bits per heavy atom. The fraction of sp³-hybridized carbons (Fsp3) is 0.194. The summed E-state index contributed by atoms with van der Waals surface area (Å²) in [6.07, 6.45) is 0. The van der Waals surface area contributed by atoms with Gasteiger partial charge in [0.25, 0.3) is 0 Å². The van der Waals surface area contributed by atoms with Gasteiger partial charge in [-0.25, -0.2) is 0 Å². The van der Waals surface area contributed by atoms with Crippen LogP contribution in [0.25, 0.3) is 65.4 Å². The minimum absolute atomic E-state index is 0.779. The molecule has 0 aliphatic heterocycles. The van der Waals surface area contributed by atoms with E-state index in [1.807, 2.05) is 0 Å². The highest BCUT2D eigenvalue weighted by Crippen LogP contribution is 2.44. The molecule has 11 aromatic rings. The van der Waals surface area contributed by atoms with E-state index in [1.54, 1.807) is 0 Å². The molecule has 68 heavy (non-hydrogen) atoms. The summed E-state index contributed by atoms with van der Waals surface area (Å²) in [6, 6.07) is 54.8. The summed E-state index contributed by atoms with van der Waals surface area (Å²) in [7, 11) is -2.93. The average Bonchev–Trinajstić information content (AvgIpc) is 3.85. The molecular weight excluding hydrogens is 861 g/mol.